The number of benzene rings is 1. The zero-order valence-electron chi connectivity index (χ0n) is 12.1. The van der Waals surface area contributed by atoms with Crippen molar-refractivity contribution in [3.05, 3.63) is 29.8 Å². The second-order valence-corrected chi connectivity index (χ2v) is 6.11. The fourth-order valence-corrected chi connectivity index (χ4v) is 2.66. The molecule has 0 spiro atoms. The van der Waals surface area contributed by atoms with Crippen molar-refractivity contribution in [2.45, 2.75) is 26.3 Å². The van der Waals surface area contributed by atoms with E-state index in [1.807, 2.05) is 24.3 Å². The number of para-hydroxylation sites is 1. The predicted molar refractivity (Wildman–Crippen MR) is 79.2 cm³/mol. The lowest BCUT2D eigenvalue weighted by atomic mass is 9.93. The highest BCUT2D eigenvalue weighted by molar-refractivity contribution is 5.59. The van der Waals surface area contributed by atoms with Crippen molar-refractivity contribution in [1.29, 1.82) is 10.5 Å². The molecule has 1 fully saturated rings. The molecule has 1 N–H and O–H groups in total. The van der Waals surface area contributed by atoms with Crippen molar-refractivity contribution in [3.8, 4) is 12.1 Å². The van der Waals surface area contributed by atoms with Gasteiger partial charge in [0.15, 0.2) is 0 Å². The van der Waals surface area contributed by atoms with Crippen LogP contribution in [-0.4, -0.2) is 25.7 Å². The molecule has 1 aromatic rings. The van der Waals surface area contributed by atoms with Crippen LogP contribution in [0.15, 0.2) is 24.3 Å². The van der Waals surface area contributed by atoms with Crippen molar-refractivity contribution >= 4 is 5.69 Å². The molecule has 0 radical (unpaired) electrons. The molecule has 0 aliphatic carbocycles. The number of nitrogens with zero attached hydrogens (tertiary/aromatic N) is 3. The van der Waals surface area contributed by atoms with Crippen LogP contribution in [0.3, 0.4) is 0 Å². The number of nitriles is 2. The first-order valence-electron chi connectivity index (χ1n) is 6.90. The Bertz CT molecular complexity index is 550. The van der Waals surface area contributed by atoms with Crippen LogP contribution in [0.25, 0.3) is 0 Å². The molecule has 1 aliphatic heterocycles. The molecule has 4 heteroatoms. The van der Waals surface area contributed by atoms with Gasteiger partial charge in [0.1, 0.15) is 6.07 Å². The molecule has 0 saturated carbocycles. The number of nitrogens with one attached hydrogen (secondary N) is 1. The third-order valence-corrected chi connectivity index (χ3v) is 3.63. The van der Waals surface area contributed by atoms with Crippen LogP contribution < -0.4 is 10.2 Å². The molecule has 0 amide bonds. The predicted octanol–water partition coefficient (Wildman–Crippen LogP) is 2.28. The van der Waals surface area contributed by atoms with Crippen molar-refractivity contribution in [2.24, 2.45) is 5.41 Å². The summed E-state index contributed by atoms with van der Waals surface area (Å²) in [6, 6.07) is 12.3. The van der Waals surface area contributed by atoms with Crippen LogP contribution >= 0.6 is 0 Å². The van der Waals surface area contributed by atoms with Crippen molar-refractivity contribution in [1.82, 2.24) is 5.32 Å². The first kappa shape index (κ1) is 14.4. The normalized spacial score (nSPS) is 21.6. The maximum absolute atomic E-state index is 9.27. The molecule has 20 heavy (non-hydrogen) atoms. The van der Waals surface area contributed by atoms with E-state index in [9.17, 15) is 5.26 Å². The summed E-state index contributed by atoms with van der Waals surface area (Å²) >= 11 is 0. The first-order chi connectivity index (χ1) is 9.55. The van der Waals surface area contributed by atoms with E-state index in [0.29, 0.717) is 12.0 Å². The van der Waals surface area contributed by atoms with Gasteiger partial charge in [-0.3, -0.25) is 0 Å². The highest BCUT2D eigenvalue weighted by Gasteiger charge is 2.29. The van der Waals surface area contributed by atoms with Gasteiger partial charge in [-0.1, -0.05) is 26.0 Å². The van der Waals surface area contributed by atoms with E-state index in [1.165, 1.54) is 0 Å². The summed E-state index contributed by atoms with van der Waals surface area (Å²) in [6.45, 7) is 6.92. The van der Waals surface area contributed by atoms with E-state index in [0.717, 1.165) is 25.3 Å². The zero-order chi connectivity index (χ0) is 14.6. The molecule has 1 heterocycles. The van der Waals surface area contributed by atoms with Gasteiger partial charge in [0, 0.05) is 25.7 Å². The third kappa shape index (κ3) is 3.29. The van der Waals surface area contributed by atoms with Crippen LogP contribution in [0.4, 0.5) is 5.69 Å². The Balaban J connectivity index is 2.32. The van der Waals surface area contributed by atoms with Crippen molar-refractivity contribution in [3.63, 3.8) is 0 Å². The zero-order valence-corrected chi connectivity index (χ0v) is 12.1. The van der Waals surface area contributed by atoms with Gasteiger partial charge in [0.25, 0.3) is 0 Å². The monoisotopic (exact) mass is 268 g/mol. The summed E-state index contributed by atoms with van der Waals surface area (Å²) in [5, 5.41) is 21.7. The van der Waals surface area contributed by atoms with Crippen molar-refractivity contribution < 1.29 is 0 Å². The highest BCUT2D eigenvalue weighted by Crippen LogP contribution is 2.27. The van der Waals surface area contributed by atoms with E-state index in [-0.39, 0.29) is 11.5 Å². The molecule has 0 bridgehead atoms. The van der Waals surface area contributed by atoms with Gasteiger partial charge in [0.2, 0.25) is 0 Å². The Hall–Kier alpha value is -2.04. The molecule has 104 valence electrons. The lowest BCUT2D eigenvalue weighted by molar-refractivity contribution is 0.360. The molecular weight excluding hydrogens is 248 g/mol. The molecule has 1 aromatic carbocycles. The van der Waals surface area contributed by atoms with Crippen LogP contribution in [0.5, 0.6) is 0 Å². The van der Waals surface area contributed by atoms with E-state index >= 15 is 0 Å². The fraction of sp³-hybridized carbons (Fsp3) is 0.500. The Morgan fingerprint density at radius 3 is 2.80 bits per heavy atom. The number of hydrogen-bond donors (Lipinski definition) is 1. The minimum Gasteiger partial charge on any atom is -0.368 e. The van der Waals surface area contributed by atoms with Gasteiger partial charge >= 0.3 is 0 Å². The maximum Gasteiger partial charge on any atom is 0.101 e. The summed E-state index contributed by atoms with van der Waals surface area (Å²) in [5.74, 6) is 0. The first-order valence-corrected chi connectivity index (χ1v) is 6.90. The van der Waals surface area contributed by atoms with Gasteiger partial charge in [-0.15, -0.1) is 0 Å². The number of anilines is 1. The summed E-state index contributed by atoms with van der Waals surface area (Å²) < 4.78 is 0. The average molecular weight is 268 g/mol. The second kappa shape index (κ2) is 5.94. The topological polar surface area (TPSA) is 62.9 Å². The number of hydrogen-bond acceptors (Lipinski definition) is 4. The van der Waals surface area contributed by atoms with Crippen LogP contribution in [0, 0.1) is 28.1 Å². The summed E-state index contributed by atoms with van der Waals surface area (Å²) in [5.41, 5.74) is 1.77. The van der Waals surface area contributed by atoms with Gasteiger partial charge < -0.3 is 10.2 Å². The fourth-order valence-electron chi connectivity index (χ4n) is 2.66. The summed E-state index contributed by atoms with van der Waals surface area (Å²) in [4.78, 5) is 2.24. The van der Waals surface area contributed by atoms with Crippen LogP contribution in [-0.2, 0) is 0 Å². The molecule has 1 saturated heterocycles. The van der Waals surface area contributed by atoms with Crippen LogP contribution in [0.2, 0.25) is 0 Å². The minimum atomic E-state index is 0.104. The molecule has 1 unspecified atom stereocenters. The summed E-state index contributed by atoms with van der Waals surface area (Å²) in [6.07, 6.45) is 0.487. The molecule has 4 nitrogen and oxygen atoms in total. The maximum atomic E-state index is 9.27. The van der Waals surface area contributed by atoms with Gasteiger partial charge in [-0.05, 0) is 17.5 Å². The second-order valence-electron chi connectivity index (χ2n) is 6.11. The SMILES string of the molecule is CC1(C)CNC(CC#N)CN(c2ccccc2C#N)C1. The van der Waals surface area contributed by atoms with Gasteiger partial charge in [-0.2, -0.15) is 10.5 Å². The molecule has 0 aromatic heterocycles. The largest absolute Gasteiger partial charge is 0.368 e. The Kier molecular flexibility index (Phi) is 4.27. The van der Waals surface area contributed by atoms with E-state index in [2.05, 4.69) is 36.2 Å². The third-order valence-electron chi connectivity index (χ3n) is 3.63. The average Bonchev–Trinajstić information content (AvgIpc) is 2.58. The summed E-state index contributed by atoms with van der Waals surface area (Å²) in [7, 11) is 0. The lowest BCUT2D eigenvalue weighted by Gasteiger charge is -2.31. The van der Waals surface area contributed by atoms with E-state index in [1.54, 1.807) is 0 Å². The Morgan fingerprint density at radius 1 is 1.35 bits per heavy atom. The Labute approximate surface area is 120 Å². The molecule has 1 atom stereocenters. The van der Waals surface area contributed by atoms with Crippen molar-refractivity contribution in [2.75, 3.05) is 24.5 Å². The smallest absolute Gasteiger partial charge is 0.101 e. The van der Waals surface area contributed by atoms with Gasteiger partial charge in [0.05, 0.1) is 23.7 Å². The standard InChI is InChI=1S/C16H20N4/c1-16(2)11-19-14(7-8-17)10-20(12-16)15-6-4-3-5-13(15)9-18/h3-6,14,19H,7,10-12H2,1-2H3. The van der Waals surface area contributed by atoms with E-state index < -0.39 is 0 Å². The number of rotatable bonds is 2. The Morgan fingerprint density at radius 2 is 2.10 bits per heavy atom. The van der Waals surface area contributed by atoms with Crippen LogP contribution in [0.1, 0.15) is 25.8 Å². The highest BCUT2D eigenvalue weighted by atomic mass is 15.2. The lowest BCUT2D eigenvalue weighted by Crippen LogP contribution is -2.37. The minimum absolute atomic E-state index is 0.104. The molecular formula is C16H20N4. The van der Waals surface area contributed by atoms with E-state index in [4.69, 9.17) is 5.26 Å². The molecule has 2 rings (SSSR count). The van der Waals surface area contributed by atoms with Gasteiger partial charge in [-0.25, -0.2) is 0 Å². The molecule has 1 aliphatic rings. The quantitative estimate of drug-likeness (QED) is 0.893.